The van der Waals surface area contributed by atoms with E-state index >= 15 is 0 Å². The predicted molar refractivity (Wildman–Crippen MR) is 157 cm³/mol. The summed E-state index contributed by atoms with van der Waals surface area (Å²) in [6.07, 6.45) is 1.60. The van der Waals surface area contributed by atoms with Crippen LogP contribution in [0, 0.1) is 0 Å². The fraction of sp³-hybridized carbons (Fsp3) is 0.118. The van der Waals surface area contributed by atoms with Gasteiger partial charge in [0.15, 0.2) is 5.76 Å². The molecule has 210 valence electrons. The third kappa shape index (κ3) is 4.94. The van der Waals surface area contributed by atoms with Gasteiger partial charge in [0.25, 0.3) is 0 Å². The lowest BCUT2D eigenvalue weighted by Gasteiger charge is -2.08. The number of allylic oxidation sites excluding steroid dienone is 1. The summed E-state index contributed by atoms with van der Waals surface area (Å²) in [6, 6.07) is 24.6. The van der Waals surface area contributed by atoms with Crippen molar-refractivity contribution in [2.75, 3.05) is 20.8 Å². The number of furan rings is 1. The van der Waals surface area contributed by atoms with Crippen molar-refractivity contribution in [2.24, 2.45) is 0 Å². The number of methoxy groups -OCH3 is 2. The van der Waals surface area contributed by atoms with E-state index in [1.54, 1.807) is 61.7 Å². The molecule has 0 amide bonds. The molecule has 0 saturated carbocycles. The van der Waals surface area contributed by atoms with E-state index < -0.39 is 5.97 Å². The zero-order chi connectivity index (χ0) is 29.2. The van der Waals surface area contributed by atoms with Crippen LogP contribution in [0.2, 0.25) is 0 Å². The number of esters is 1. The first-order valence-electron chi connectivity index (χ1n) is 13.3. The van der Waals surface area contributed by atoms with Gasteiger partial charge in [-0.15, -0.1) is 0 Å². The first-order chi connectivity index (χ1) is 20.5. The zero-order valence-electron chi connectivity index (χ0n) is 23.1. The summed E-state index contributed by atoms with van der Waals surface area (Å²) in [7, 11) is 3.10. The molecule has 42 heavy (non-hydrogen) atoms. The third-order valence-electron chi connectivity index (χ3n) is 6.79. The second kappa shape index (κ2) is 11.2. The standard InChI is InChI=1S/C34H26O8/c1-4-39-23-13-15-27-26(17-23)31(33(42-27)20-8-6-5-7-9-20)34(36)40-24-12-14-25-29(19-24)41-30(32(25)35)16-21-10-11-22(37-2)18-28(21)38-3/h5-19H,4H2,1-3H3/b30-16-. The molecule has 0 spiro atoms. The minimum atomic E-state index is -0.621. The molecule has 0 unspecified atom stereocenters. The summed E-state index contributed by atoms with van der Waals surface area (Å²) in [6.45, 7) is 2.36. The first kappa shape index (κ1) is 26.7. The molecule has 5 aromatic rings. The van der Waals surface area contributed by atoms with Crippen molar-refractivity contribution < 1.29 is 37.7 Å². The normalized spacial score (nSPS) is 13.1. The van der Waals surface area contributed by atoms with E-state index in [1.165, 1.54) is 13.2 Å². The van der Waals surface area contributed by atoms with Crippen molar-refractivity contribution in [3.8, 4) is 40.1 Å². The van der Waals surface area contributed by atoms with Gasteiger partial charge in [0.2, 0.25) is 5.78 Å². The highest BCUT2D eigenvalue weighted by Gasteiger charge is 2.30. The maximum atomic E-state index is 13.7. The van der Waals surface area contributed by atoms with Gasteiger partial charge in [0.05, 0.1) is 26.4 Å². The van der Waals surface area contributed by atoms with E-state index in [0.717, 1.165) is 5.56 Å². The summed E-state index contributed by atoms with van der Waals surface area (Å²) < 4.78 is 34.2. The lowest BCUT2D eigenvalue weighted by atomic mass is 10.1. The Labute approximate surface area is 241 Å². The molecule has 8 nitrogen and oxygen atoms in total. The number of fused-ring (bicyclic) bond motifs is 2. The number of benzene rings is 4. The Morgan fingerprint density at radius 2 is 1.64 bits per heavy atom. The highest BCUT2D eigenvalue weighted by molar-refractivity contribution is 6.15. The summed E-state index contributed by atoms with van der Waals surface area (Å²) in [5.74, 6) is 1.84. The van der Waals surface area contributed by atoms with E-state index in [-0.39, 0.29) is 28.6 Å². The molecule has 1 aliphatic heterocycles. The van der Waals surface area contributed by atoms with Gasteiger partial charge in [-0.25, -0.2) is 4.79 Å². The Balaban J connectivity index is 1.32. The molecular weight excluding hydrogens is 536 g/mol. The van der Waals surface area contributed by atoms with Gasteiger partial charge >= 0.3 is 5.97 Å². The molecular formula is C34H26O8. The number of carbonyl (C=O) groups excluding carboxylic acids is 2. The number of carbonyl (C=O) groups is 2. The molecule has 0 fully saturated rings. The molecule has 0 radical (unpaired) electrons. The maximum absolute atomic E-state index is 13.7. The van der Waals surface area contributed by atoms with Gasteiger partial charge in [-0.2, -0.15) is 0 Å². The van der Waals surface area contributed by atoms with Crippen LogP contribution in [0.5, 0.6) is 28.7 Å². The molecule has 6 rings (SSSR count). The van der Waals surface area contributed by atoms with Crippen molar-refractivity contribution in [2.45, 2.75) is 6.92 Å². The lowest BCUT2D eigenvalue weighted by molar-refractivity contribution is 0.0736. The number of ketones is 1. The van der Waals surface area contributed by atoms with Crippen LogP contribution in [0.1, 0.15) is 33.2 Å². The summed E-state index contributed by atoms with van der Waals surface area (Å²) >= 11 is 0. The average molecular weight is 563 g/mol. The highest BCUT2D eigenvalue weighted by atomic mass is 16.5. The first-order valence-corrected chi connectivity index (χ1v) is 13.3. The number of rotatable bonds is 8. The SMILES string of the molecule is CCOc1ccc2oc(-c3ccccc3)c(C(=O)Oc3ccc4c(c3)O/C(=C\c3ccc(OC)cc3OC)C4=O)c2c1. The Kier molecular flexibility index (Phi) is 7.10. The van der Waals surface area contributed by atoms with Crippen molar-refractivity contribution in [3.05, 3.63) is 107 Å². The number of hydrogen-bond acceptors (Lipinski definition) is 8. The molecule has 1 aliphatic rings. The van der Waals surface area contributed by atoms with Crippen molar-refractivity contribution >= 4 is 28.8 Å². The average Bonchev–Trinajstić information content (AvgIpc) is 3.54. The van der Waals surface area contributed by atoms with Crippen molar-refractivity contribution in [3.63, 3.8) is 0 Å². The molecule has 0 saturated heterocycles. The Morgan fingerprint density at radius 3 is 2.40 bits per heavy atom. The predicted octanol–water partition coefficient (Wildman–Crippen LogP) is 7.35. The molecule has 0 N–H and O–H groups in total. The second-order valence-electron chi connectivity index (χ2n) is 9.36. The molecule has 0 aliphatic carbocycles. The topological polar surface area (TPSA) is 93.4 Å². The van der Waals surface area contributed by atoms with Crippen LogP contribution in [-0.4, -0.2) is 32.6 Å². The largest absolute Gasteiger partial charge is 0.497 e. The molecule has 8 heteroatoms. The van der Waals surface area contributed by atoms with Gasteiger partial charge in [0.1, 0.15) is 45.7 Å². The van der Waals surface area contributed by atoms with Crippen molar-refractivity contribution in [1.29, 1.82) is 0 Å². The Morgan fingerprint density at radius 1 is 0.857 bits per heavy atom. The van der Waals surface area contributed by atoms with E-state index in [2.05, 4.69) is 0 Å². The summed E-state index contributed by atoms with van der Waals surface area (Å²) in [4.78, 5) is 26.8. The minimum absolute atomic E-state index is 0.118. The van der Waals surface area contributed by atoms with E-state index in [1.807, 2.05) is 37.3 Å². The molecule has 0 bridgehead atoms. The Hall–Kier alpha value is -5.50. The van der Waals surface area contributed by atoms with Gasteiger partial charge in [-0.05, 0) is 55.5 Å². The molecule has 1 aromatic heterocycles. The number of ether oxygens (including phenoxy) is 5. The second-order valence-corrected chi connectivity index (χ2v) is 9.36. The molecule has 0 atom stereocenters. The zero-order valence-corrected chi connectivity index (χ0v) is 23.1. The monoisotopic (exact) mass is 562 g/mol. The lowest BCUT2D eigenvalue weighted by Crippen LogP contribution is -2.09. The van der Waals surface area contributed by atoms with Crippen LogP contribution in [-0.2, 0) is 0 Å². The highest BCUT2D eigenvalue weighted by Crippen LogP contribution is 2.39. The smallest absolute Gasteiger partial charge is 0.348 e. The fourth-order valence-corrected chi connectivity index (χ4v) is 4.80. The summed E-state index contributed by atoms with van der Waals surface area (Å²) in [5, 5.41) is 0.566. The summed E-state index contributed by atoms with van der Waals surface area (Å²) in [5.41, 5.74) is 2.52. The van der Waals surface area contributed by atoms with Crippen LogP contribution in [0.25, 0.3) is 28.4 Å². The van der Waals surface area contributed by atoms with Gasteiger partial charge in [-0.3, -0.25) is 4.79 Å². The minimum Gasteiger partial charge on any atom is -0.497 e. The van der Waals surface area contributed by atoms with Gasteiger partial charge < -0.3 is 28.1 Å². The van der Waals surface area contributed by atoms with Crippen LogP contribution in [0.3, 0.4) is 0 Å². The molecule has 4 aromatic carbocycles. The van der Waals surface area contributed by atoms with Crippen LogP contribution in [0.4, 0.5) is 0 Å². The van der Waals surface area contributed by atoms with Crippen LogP contribution < -0.4 is 23.7 Å². The van der Waals surface area contributed by atoms with Crippen molar-refractivity contribution in [1.82, 2.24) is 0 Å². The number of Topliss-reactive ketones (excluding diaryl/α,β-unsaturated/α-hetero) is 1. The maximum Gasteiger partial charge on any atom is 0.348 e. The van der Waals surface area contributed by atoms with E-state index in [4.69, 9.17) is 28.1 Å². The van der Waals surface area contributed by atoms with E-state index in [0.29, 0.717) is 51.7 Å². The van der Waals surface area contributed by atoms with Gasteiger partial charge in [0, 0.05) is 28.6 Å². The fourth-order valence-electron chi connectivity index (χ4n) is 4.80. The molecule has 2 heterocycles. The van der Waals surface area contributed by atoms with Gasteiger partial charge in [-0.1, -0.05) is 30.3 Å². The van der Waals surface area contributed by atoms with E-state index in [9.17, 15) is 9.59 Å². The quantitative estimate of drug-likeness (QED) is 0.110. The third-order valence-corrected chi connectivity index (χ3v) is 6.79. The van der Waals surface area contributed by atoms with Crippen LogP contribution >= 0.6 is 0 Å². The Bertz CT molecular complexity index is 1850. The van der Waals surface area contributed by atoms with Crippen LogP contribution in [0.15, 0.2) is 95.1 Å². The number of hydrogen-bond donors (Lipinski definition) is 0.